The molecule has 4 aromatic rings. The zero-order valence-corrected chi connectivity index (χ0v) is 17.0. The first-order valence-electron chi connectivity index (χ1n) is 9.60. The van der Waals surface area contributed by atoms with E-state index in [1.807, 2.05) is 60.7 Å². The third-order valence-corrected chi connectivity index (χ3v) is 6.14. The number of nitrogens with one attached hydrogen (secondary N) is 1. The van der Waals surface area contributed by atoms with Crippen molar-refractivity contribution in [1.29, 1.82) is 0 Å². The lowest BCUT2D eigenvalue weighted by Gasteiger charge is -2.18. The van der Waals surface area contributed by atoms with Gasteiger partial charge in [-0.25, -0.2) is 18.1 Å². The Bertz CT molecular complexity index is 1180. The summed E-state index contributed by atoms with van der Waals surface area (Å²) >= 11 is 0. The summed E-state index contributed by atoms with van der Waals surface area (Å²) in [5.41, 5.74) is 3.92. The molecule has 0 aliphatic rings. The summed E-state index contributed by atoms with van der Waals surface area (Å²) in [6.45, 7) is 0. The highest BCUT2D eigenvalue weighted by Gasteiger charge is 2.23. The fraction of sp³-hybridized carbons (Fsp3) is 0.0833. The molecule has 4 rings (SSSR count). The van der Waals surface area contributed by atoms with Crippen LogP contribution in [0.3, 0.4) is 0 Å². The van der Waals surface area contributed by atoms with Crippen molar-refractivity contribution in [2.75, 3.05) is 0 Å². The number of benzene rings is 2. The highest BCUT2D eigenvalue weighted by atomic mass is 32.2. The van der Waals surface area contributed by atoms with E-state index in [1.165, 1.54) is 12.3 Å². The van der Waals surface area contributed by atoms with Gasteiger partial charge in [0.25, 0.3) is 10.0 Å². The van der Waals surface area contributed by atoms with E-state index in [0.717, 1.165) is 16.7 Å². The molecule has 6 heteroatoms. The molecule has 2 heterocycles. The predicted octanol–water partition coefficient (Wildman–Crippen LogP) is 4.41. The average molecular weight is 416 g/mol. The predicted molar refractivity (Wildman–Crippen MR) is 117 cm³/mol. The fourth-order valence-corrected chi connectivity index (χ4v) is 4.40. The normalized spacial score (nSPS) is 12.4. The van der Waals surface area contributed by atoms with Crippen LogP contribution in [0.15, 0.2) is 108 Å². The van der Waals surface area contributed by atoms with Gasteiger partial charge in [0.05, 0.1) is 11.7 Å². The van der Waals surface area contributed by atoms with E-state index in [9.17, 15) is 8.42 Å². The van der Waals surface area contributed by atoms with Gasteiger partial charge >= 0.3 is 0 Å². The maximum atomic E-state index is 12.8. The van der Waals surface area contributed by atoms with Gasteiger partial charge in [-0.1, -0.05) is 66.7 Å². The van der Waals surface area contributed by atoms with Crippen molar-refractivity contribution >= 4 is 10.0 Å². The molecule has 1 N–H and O–H groups in total. The van der Waals surface area contributed by atoms with E-state index in [1.54, 1.807) is 18.3 Å². The topological polar surface area (TPSA) is 72.0 Å². The third-order valence-electron chi connectivity index (χ3n) is 4.76. The van der Waals surface area contributed by atoms with Crippen LogP contribution in [0.5, 0.6) is 0 Å². The minimum absolute atomic E-state index is 0.00893. The fourth-order valence-electron chi connectivity index (χ4n) is 3.24. The third kappa shape index (κ3) is 4.79. The molecule has 0 bridgehead atoms. The molecule has 0 aliphatic carbocycles. The smallest absolute Gasteiger partial charge is 0.258 e. The van der Waals surface area contributed by atoms with Crippen LogP contribution < -0.4 is 4.72 Å². The van der Waals surface area contributed by atoms with Crippen molar-refractivity contribution in [3.05, 3.63) is 115 Å². The van der Waals surface area contributed by atoms with Crippen molar-refractivity contribution in [3.8, 4) is 11.1 Å². The van der Waals surface area contributed by atoms with Crippen LogP contribution in [-0.2, 0) is 16.4 Å². The van der Waals surface area contributed by atoms with E-state index in [4.69, 9.17) is 0 Å². The lowest BCUT2D eigenvalue weighted by Crippen LogP contribution is -2.31. The highest BCUT2D eigenvalue weighted by Crippen LogP contribution is 2.23. The summed E-state index contributed by atoms with van der Waals surface area (Å²) in [5, 5.41) is -0.00893. The molecule has 0 radical (unpaired) electrons. The Hall–Kier alpha value is -3.35. The summed E-state index contributed by atoms with van der Waals surface area (Å²) in [5.74, 6) is 0. The number of aromatic nitrogens is 2. The molecular weight excluding hydrogens is 394 g/mol. The van der Waals surface area contributed by atoms with Gasteiger partial charge in [0, 0.05) is 12.4 Å². The van der Waals surface area contributed by atoms with Crippen LogP contribution in [-0.4, -0.2) is 18.4 Å². The molecule has 0 saturated heterocycles. The zero-order chi connectivity index (χ0) is 20.8. The number of nitrogens with zero attached hydrogens (tertiary/aromatic N) is 2. The standard InChI is InChI=1S/C24H21N3O2S/c28-30(29,24-11-5-7-17-26-24)27-23(22-10-4-6-16-25-22)18-19-12-14-21(15-13-19)20-8-2-1-3-9-20/h1-17,23,27H,18H2. The Morgan fingerprint density at radius 3 is 1.97 bits per heavy atom. The quantitative estimate of drug-likeness (QED) is 0.485. The van der Waals surface area contributed by atoms with Gasteiger partial charge < -0.3 is 0 Å². The van der Waals surface area contributed by atoms with Crippen molar-refractivity contribution in [2.24, 2.45) is 0 Å². The number of hydrogen-bond acceptors (Lipinski definition) is 4. The lowest BCUT2D eigenvalue weighted by molar-refractivity contribution is 0.546. The van der Waals surface area contributed by atoms with E-state index in [2.05, 4.69) is 26.8 Å². The summed E-state index contributed by atoms with van der Waals surface area (Å²) in [6, 6.07) is 28.1. The van der Waals surface area contributed by atoms with Crippen LogP contribution in [0.4, 0.5) is 0 Å². The van der Waals surface area contributed by atoms with E-state index in [0.29, 0.717) is 12.1 Å². The monoisotopic (exact) mass is 415 g/mol. The zero-order valence-electron chi connectivity index (χ0n) is 16.2. The molecule has 0 saturated carbocycles. The van der Waals surface area contributed by atoms with E-state index >= 15 is 0 Å². The molecule has 2 aromatic carbocycles. The average Bonchev–Trinajstić information content (AvgIpc) is 2.81. The molecule has 1 atom stereocenters. The first-order chi connectivity index (χ1) is 14.6. The van der Waals surface area contributed by atoms with Gasteiger partial charge in [0.15, 0.2) is 5.03 Å². The maximum absolute atomic E-state index is 12.8. The second-order valence-corrected chi connectivity index (χ2v) is 8.52. The summed E-state index contributed by atoms with van der Waals surface area (Å²) < 4.78 is 28.5. The Labute approximate surface area is 176 Å². The maximum Gasteiger partial charge on any atom is 0.258 e. The molecule has 5 nitrogen and oxygen atoms in total. The Morgan fingerprint density at radius 2 is 1.33 bits per heavy atom. The molecule has 0 amide bonds. The molecule has 30 heavy (non-hydrogen) atoms. The van der Waals surface area contributed by atoms with Crippen molar-refractivity contribution in [3.63, 3.8) is 0 Å². The summed E-state index contributed by atoms with van der Waals surface area (Å²) in [7, 11) is -3.78. The van der Waals surface area contributed by atoms with Crippen molar-refractivity contribution < 1.29 is 8.42 Å². The van der Waals surface area contributed by atoms with Gasteiger partial charge in [0.2, 0.25) is 0 Å². The van der Waals surface area contributed by atoms with Gasteiger partial charge in [0.1, 0.15) is 0 Å². The SMILES string of the molecule is O=S(=O)(NC(Cc1ccc(-c2ccccc2)cc1)c1ccccn1)c1ccccn1. The molecule has 1 unspecified atom stereocenters. The van der Waals surface area contributed by atoms with Crippen LogP contribution in [0.25, 0.3) is 11.1 Å². The van der Waals surface area contributed by atoms with Gasteiger partial charge in [-0.2, -0.15) is 0 Å². The van der Waals surface area contributed by atoms with Crippen molar-refractivity contribution in [2.45, 2.75) is 17.5 Å². The molecule has 2 aromatic heterocycles. The molecule has 150 valence electrons. The number of rotatable bonds is 7. The van der Waals surface area contributed by atoms with Crippen LogP contribution in [0.1, 0.15) is 17.3 Å². The largest absolute Gasteiger partial charge is 0.260 e. The summed E-state index contributed by atoms with van der Waals surface area (Å²) in [4.78, 5) is 8.35. The molecular formula is C24H21N3O2S. The summed E-state index contributed by atoms with van der Waals surface area (Å²) in [6.07, 6.45) is 3.60. The minimum Gasteiger partial charge on any atom is -0.260 e. The Kier molecular flexibility index (Phi) is 5.97. The molecule has 0 aliphatic heterocycles. The van der Waals surface area contributed by atoms with Crippen molar-refractivity contribution in [1.82, 2.24) is 14.7 Å². The lowest BCUT2D eigenvalue weighted by atomic mass is 9.99. The Balaban J connectivity index is 1.60. The van der Waals surface area contributed by atoms with Crippen LogP contribution in [0, 0.1) is 0 Å². The van der Waals surface area contributed by atoms with Crippen LogP contribution in [0.2, 0.25) is 0 Å². The number of pyridine rings is 2. The second-order valence-electron chi connectivity index (χ2n) is 6.86. The number of sulfonamides is 1. The second kappa shape index (κ2) is 8.98. The number of hydrogen-bond donors (Lipinski definition) is 1. The van der Waals surface area contributed by atoms with Gasteiger partial charge in [-0.3, -0.25) is 4.98 Å². The van der Waals surface area contributed by atoms with E-state index < -0.39 is 16.1 Å². The first-order valence-corrected chi connectivity index (χ1v) is 11.1. The van der Waals surface area contributed by atoms with Gasteiger partial charge in [-0.05, 0) is 47.4 Å². The minimum atomic E-state index is -3.78. The van der Waals surface area contributed by atoms with Gasteiger partial charge in [-0.15, -0.1) is 0 Å². The molecule has 0 spiro atoms. The highest BCUT2D eigenvalue weighted by molar-refractivity contribution is 7.89. The Morgan fingerprint density at radius 1 is 0.700 bits per heavy atom. The van der Waals surface area contributed by atoms with E-state index in [-0.39, 0.29) is 5.03 Å². The molecule has 0 fully saturated rings. The van der Waals surface area contributed by atoms with Crippen LogP contribution >= 0.6 is 0 Å². The first kappa shape index (κ1) is 19.9.